The molecule has 2 aromatic heterocycles. The van der Waals surface area contributed by atoms with Crippen molar-refractivity contribution < 1.29 is 14.8 Å². The van der Waals surface area contributed by atoms with Crippen LogP contribution in [0.3, 0.4) is 0 Å². The van der Waals surface area contributed by atoms with E-state index in [1.807, 2.05) is 0 Å². The fourth-order valence-corrected chi connectivity index (χ4v) is 1.96. The first-order chi connectivity index (χ1) is 9.86. The van der Waals surface area contributed by atoms with Gasteiger partial charge in [0.1, 0.15) is 11.6 Å². The minimum absolute atomic E-state index is 0.0320. The fraction of sp³-hybridized carbons (Fsp3) is 0.167. The number of carboxylic acids is 1. The van der Waals surface area contributed by atoms with Crippen LogP contribution in [0.5, 0.6) is 0 Å². The quantitative estimate of drug-likeness (QED) is 0.664. The molecule has 2 rings (SSSR count). The summed E-state index contributed by atoms with van der Waals surface area (Å²) < 4.78 is 1.10. The molecule has 0 radical (unpaired) electrons. The summed E-state index contributed by atoms with van der Waals surface area (Å²) in [6.07, 6.45) is 1.17. The Kier molecular flexibility index (Phi) is 3.37. The first kappa shape index (κ1) is 14.1. The zero-order valence-electron chi connectivity index (χ0n) is 11.1. The summed E-state index contributed by atoms with van der Waals surface area (Å²) in [5.74, 6) is -1.31. The van der Waals surface area contributed by atoms with E-state index in [0.29, 0.717) is 0 Å². The number of nitrogens with zero attached hydrogens (tertiary/aromatic N) is 5. The van der Waals surface area contributed by atoms with Crippen molar-refractivity contribution in [3.8, 4) is 11.9 Å². The fourth-order valence-electron chi connectivity index (χ4n) is 1.96. The number of nitro groups is 1. The third-order valence-corrected chi connectivity index (χ3v) is 2.88. The molecule has 0 aliphatic rings. The molecule has 0 aliphatic heterocycles. The summed E-state index contributed by atoms with van der Waals surface area (Å²) in [6.45, 7) is 2.97. The molecule has 0 atom stereocenters. The largest absolute Gasteiger partial charge is 0.478 e. The lowest BCUT2D eigenvalue weighted by molar-refractivity contribution is -0.385. The van der Waals surface area contributed by atoms with Gasteiger partial charge in [-0.3, -0.25) is 10.1 Å². The molecule has 0 amide bonds. The summed E-state index contributed by atoms with van der Waals surface area (Å²) in [5.41, 5.74) is 0.0262. The van der Waals surface area contributed by atoms with Gasteiger partial charge in [-0.2, -0.15) is 10.4 Å². The molecule has 9 heteroatoms. The molecule has 0 saturated carbocycles. The average molecular weight is 287 g/mol. The Morgan fingerprint density at radius 3 is 2.67 bits per heavy atom. The van der Waals surface area contributed by atoms with Crippen LogP contribution >= 0.6 is 0 Å². The third kappa shape index (κ3) is 2.30. The van der Waals surface area contributed by atoms with Gasteiger partial charge in [0.2, 0.25) is 5.82 Å². The smallest absolute Gasteiger partial charge is 0.339 e. The lowest BCUT2D eigenvalue weighted by atomic mass is 10.2. The van der Waals surface area contributed by atoms with Crippen LogP contribution in [-0.2, 0) is 0 Å². The number of aromatic carboxylic acids is 1. The van der Waals surface area contributed by atoms with Crippen molar-refractivity contribution in [2.24, 2.45) is 0 Å². The number of hydrogen-bond acceptors (Lipinski definition) is 6. The SMILES string of the molecule is Cc1nn(-c2ncc(C#N)cc2[N+](=O)[O-])c(C)c1C(=O)O. The zero-order chi connectivity index (χ0) is 15.7. The predicted molar refractivity (Wildman–Crippen MR) is 69.2 cm³/mol. The Morgan fingerprint density at radius 2 is 2.19 bits per heavy atom. The van der Waals surface area contributed by atoms with E-state index in [-0.39, 0.29) is 28.3 Å². The molecule has 0 aliphatic carbocycles. The van der Waals surface area contributed by atoms with Crippen LogP contribution in [0.4, 0.5) is 5.69 Å². The van der Waals surface area contributed by atoms with Crippen LogP contribution in [0.1, 0.15) is 27.3 Å². The number of hydrogen-bond donors (Lipinski definition) is 1. The summed E-state index contributed by atoms with van der Waals surface area (Å²) in [6, 6.07) is 2.83. The van der Waals surface area contributed by atoms with Crippen LogP contribution in [-0.4, -0.2) is 30.8 Å². The lowest BCUT2D eigenvalue weighted by Crippen LogP contribution is -2.07. The monoisotopic (exact) mass is 287 g/mol. The van der Waals surface area contributed by atoms with Crippen molar-refractivity contribution in [1.29, 1.82) is 5.26 Å². The Hall–Kier alpha value is -3.28. The molecular formula is C12H9N5O4. The molecule has 106 valence electrons. The molecule has 9 nitrogen and oxygen atoms in total. The molecule has 0 aromatic carbocycles. The highest BCUT2D eigenvalue weighted by Gasteiger charge is 2.25. The van der Waals surface area contributed by atoms with Crippen LogP contribution in [0.25, 0.3) is 5.82 Å². The number of carboxylic acid groups (broad SMARTS) is 1. The maximum Gasteiger partial charge on any atom is 0.339 e. The number of aryl methyl sites for hydroxylation is 1. The number of aromatic nitrogens is 3. The second-order valence-corrected chi connectivity index (χ2v) is 4.20. The van der Waals surface area contributed by atoms with Gasteiger partial charge in [0, 0.05) is 12.3 Å². The van der Waals surface area contributed by atoms with Crippen molar-refractivity contribution in [1.82, 2.24) is 14.8 Å². The van der Waals surface area contributed by atoms with Gasteiger partial charge in [-0.25, -0.2) is 14.5 Å². The summed E-state index contributed by atoms with van der Waals surface area (Å²) in [4.78, 5) is 25.4. The first-order valence-electron chi connectivity index (χ1n) is 5.71. The van der Waals surface area contributed by atoms with Gasteiger partial charge in [0.15, 0.2) is 0 Å². The maximum absolute atomic E-state index is 11.2. The summed E-state index contributed by atoms with van der Waals surface area (Å²) >= 11 is 0. The van der Waals surface area contributed by atoms with Gasteiger partial charge in [-0.15, -0.1) is 0 Å². The topological polar surface area (TPSA) is 135 Å². The van der Waals surface area contributed by atoms with E-state index in [0.717, 1.165) is 10.7 Å². The van der Waals surface area contributed by atoms with Gasteiger partial charge >= 0.3 is 11.7 Å². The minimum atomic E-state index is -1.17. The van der Waals surface area contributed by atoms with Crippen molar-refractivity contribution in [2.45, 2.75) is 13.8 Å². The molecular weight excluding hydrogens is 278 g/mol. The molecule has 2 heterocycles. The van der Waals surface area contributed by atoms with Gasteiger partial charge in [0.05, 0.1) is 21.9 Å². The highest BCUT2D eigenvalue weighted by Crippen LogP contribution is 2.24. The van der Waals surface area contributed by atoms with Gasteiger partial charge < -0.3 is 5.11 Å². The second-order valence-electron chi connectivity index (χ2n) is 4.20. The Bertz CT molecular complexity index is 803. The zero-order valence-corrected chi connectivity index (χ0v) is 11.1. The number of carbonyl (C=O) groups is 1. The number of nitriles is 1. The van der Waals surface area contributed by atoms with Crippen molar-refractivity contribution >= 4 is 11.7 Å². The Morgan fingerprint density at radius 1 is 1.52 bits per heavy atom. The average Bonchev–Trinajstić information content (AvgIpc) is 2.73. The molecule has 1 N–H and O–H groups in total. The molecule has 0 unspecified atom stereocenters. The molecule has 2 aromatic rings. The summed E-state index contributed by atoms with van der Waals surface area (Å²) in [5, 5.41) is 33.0. The van der Waals surface area contributed by atoms with Crippen molar-refractivity contribution in [3.05, 3.63) is 44.9 Å². The van der Waals surface area contributed by atoms with Crippen molar-refractivity contribution in [3.63, 3.8) is 0 Å². The number of pyridine rings is 1. The van der Waals surface area contributed by atoms with E-state index in [9.17, 15) is 14.9 Å². The number of rotatable bonds is 3. The highest BCUT2D eigenvalue weighted by atomic mass is 16.6. The van der Waals surface area contributed by atoms with Gasteiger partial charge in [-0.05, 0) is 13.8 Å². The van der Waals surface area contributed by atoms with E-state index in [2.05, 4.69) is 10.1 Å². The van der Waals surface area contributed by atoms with E-state index < -0.39 is 16.6 Å². The van der Waals surface area contributed by atoms with Crippen LogP contribution in [0, 0.1) is 35.3 Å². The molecule has 0 spiro atoms. The van der Waals surface area contributed by atoms with Crippen LogP contribution < -0.4 is 0 Å². The van der Waals surface area contributed by atoms with E-state index in [1.165, 1.54) is 20.0 Å². The van der Waals surface area contributed by atoms with Gasteiger partial charge in [0.25, 0.3) is 0 Å². The lowest BCUT2D eigenvalue weighted by Gasteiger charge is -2.04. The maximum atomic E-state index is 11.2. The van der Waals surface area contributed by atoms with E-state index >= 15 is 0 Å². The highest BCUT2D eigenvalue weighted by molar-refractivity contribution is 5.90. The standard InChI is InChI=1S/C12H9N5O4/c1-6-10(12(18)19)7(2)16(15-6)11-9(17(20)21)3-8(4-13)5-14-11/h3,5H,1-2H3,(H,18,19). The Balaban J connectivity index is 2.74. The molecule has 0 bridgehead atoms. The van der Waals surface area contributed by atoms with Crippen LogP contribution in [0.2, 0.25) is 0 Å². The molecule has 0 saturated heterocycles. The first-order valence-corrected chi connectivity index (χ1v) is 5.71. The van der Waals surface area contributed by atoms with E-state index in [4.69, 9.17) is 10.4 Å². The Labute approximate surface area is 118 Å². The van der Waals surface area contributed by atoms with Crippen molar-refractivity contribution in [2.75, 3.05) is 0 Å². The predicted octanol–water partition coefficient (Wildman–Crippen LogP) is 1.36. The minimum Gasteiger partial charge on any atom is -0.478 e. The normalized spacial score (nSPS) is 10.1. The second kappa shape index (κ2) is 5.01. The third-order valence-electron chi connectivity index (χ3n) is 2.88. The molecule has 21 heavy (non-hydrogen) atoms. The van der Waals surface area contributed by atoms with Gasteiger partial charge in [-0.1, -0.05) is 0 Å². The summed E-state index contributed by atoms with van der Waals surface area (Å²) in [7, 11) is 0. The van der Waals surface area contributed by atoms with Crippen LogP contribution in [0.15, 0.2) is 12.3 Å². The molecule has 0 fully saturated rings. The van der Waals surface area contributed by atoms with E-state index in [1.54, 1.807) is 6.07 Å².